The predicted octanol–water partition coefficient (Wildman–Crippen LogP) is 3.32. The Hall–Kier alpha value is -0.310. The first-order chi connectivity index (χ1) is 5.69. The molecule has 0 unspecified atom stereocenters. The summed E-state index contributed by atoms with van der Waals surface area (Å²) in [5.41, 5.74) is 1.08. The summed E-state index contributed by atoms with van der Waals surface area (Å²) >= 11 is 3.50. The molecule has 2 nitrogen and oxygen atoms in total. The molecule has 0 aliphatic rings. The first kappa shape index (κ1) is 9.78. The molecule has 1 rings (SSSR count). The zero-order valence-corrected chi connectivity index (χ0v) is 9.43. The molecule has 0 saturated heterocycles. The molecule has 68 valence electrons. The van der Waals surface area contributed by atoms with E-state index >= 15 is 0 Å². The highest BCUT2D eigenvalue weighted by Crippen LogP contribution is 2.21. The fourth-order valence-electron chi connectivity index (χ4n) is 1.38. The summed E-state index contributed by atoms with van der Waals surface area (Å²) in [7, 11) is 0. The van der Waals surface area contributed by atoms with Crippen molar-refractivity contribution >= 4 is 15.9 Å². The minimum absolute atomic E-state index is 0.535. The van der Waals surface area contributed by atoms with Gasteiger partial charge in [-0.1, -0.05) is 13.8 Å². The second kappa shape index (κ2) is 4.08. The van der Waals surface area contributed by atoms with Crippen molar-refractivity contribution < 1.29 is 0 Å². The molecule has 1 heterocycles. The quantitative estimate of drug-likeness (QED) is 0.780. The number of aryl methyl sites for hydroxylation is 1. The molecule has 3 heteroatoms. The smallest absolute Gasteiger partial charge is 0.104 e. The summed E-state index contributed by atoms with van der Waals surface area (Å²) in [4.78, 5) is 0. The molecule has 0 fully saturated rings. The molecule has 0 spiro atoms. The molecular weight excluding hydrogens is 216 g/mol. The van der Waals surface area contributed by atoms with Crippen LogP contribution in [0.3, 0.4) is 0 Å². The standard InChI is InChI=1S/C9H15BrN2/c1-4-8(5-2)12-9(10)6-7(3)11-12/h6,8H,4-5H2,1-3H3. The number of rotatable bonds is 3. The lowest BCUT2D eigenvalue weighted by atomic mass is 10.2. The van der Waals surface area contributed by atoms with Crippen LogP contribution >= 0.6 is 15.9 Å². The summed E-state index contributed by atoms with van der Waals surface area (Å²) in [6, 6.07) is 2.59. The third kappa shape index (κ3) is 1.89. The maximum absolute atomic E-state index is 4.42. The summed E-state index contributed by atoms with van der Waals surface area (Å²) in [5.74, 6) is 0. The van der Waals surface area contributed by atoms with Gasteiger partial charge in [-0.25, -0.2) is 0 Å². The van der Waals surface area contributed by atoms with E-state index in [-0.39, 0.29) is 0 Å². The second-order valence-electron chi connectivity index (χ2n) is 3.02. The van der Waals surface area contributed by atoms with Gasteiger partial charge in [-0.15, -0.1) is 0 Å². The van der Waals surface area contributed by atoms with Gasteiger partial charge in [-0.3, -0.25) is 4.68 Å². The second-order valence-corrected chi connectivity index (χ2v) is 3.84. The molecule has 0 N–H and O–H groups in total. The van der Waals surface area contributed by atoms with Crippen molar-refractivity contribution in [2.75, 3.05) is 0 Å². The Kier molecular flexibility index (Phi) is 3.32. The maximum atomic E-state index is 4.42. The Morgan fingerprint density at radius 3 is 2.42 bits per heavy atom. The fourth-order valence-corrected chi connectivity index (χ4v) is 2.08. The van der Waals surface area contributed by atoms with Crippen LogP contribution in [0.25, 0.3) is 0 Å². The Morgan fingerprint density at radius 2 is 2.08 bits per heavy atom. The minimum Gasteiger partial charge on any atom is -0.255 e. The van der Waals surface area contributed by atoms with Gasteiger partial charge < -0.3 is 0 Å². The van der Waals surface area contributed by atoms with E-state index in [9.17, 15) is 0 Å². The Balaban J connectivity index is 2.91. The molecule has 12 heavy (non-hydrogen) atoms. The van der Waals surface area contributed by atoms with E-state index in [4.69, 9.17) is 0 Å². The zero-order valence-electron chi connectivity index (χ0n) is 7.84. The van der Waals surface area contributed by atoms with Crippen LogP contribution in [0.2, 0.25) is 0 Å². The number of aromatic nitrogens is 2. The van der Waals surface area contributed by atoms with Gasteiger partial charge in [-0.2, -0.15) is 5.10 Å². The Bertz CT molecular complexity index is 251. The highest BCUT2D eigenvalue weighted by atomic mass is 79.9. The van der Waals surface area contributed by atoms with Crippen molar-refractivity contribution in [2.45, 2.75) is 39.7 Å². The molecule has 0 aliphatic heterocycles. The van der Waals surface area contributed by atoms with Crippen LogP contribution in [0.5, 0.6) is 0 Å². The van der Waals surface area contributed by atoms with E-state index in [0.717, 1.165) is 23.1 Å². The van der Waals surface area contributed by atoms with Gasteiger partial charge in [0.05, 0.1) is 11.7 Å². The van der Waals surface area contributed by atoms with Gasteiger partial charge in [0, 0.05) is 0 Å². The molecule has 0 bridgehead atoms. The van der Waals surface area contributed by atoms with Crippen molar-refractivity contribution in [2.24, 2.45) is 0 Å². The van der Waals surface area contributed by atoms with Gasteiger partial charge in [0.1, 0.15) is 4.60 Å². The first-order valence-corrected chi connectivity index (χ1v) is 5.20. The van der Waals surface area contributed by atoms with Crippen LogP contribution in [-0.4, -0.2) is 9.78 Å². The highest BCUT2D eigenvalue weighted by Gasteiger charge is 2.10. The van der Waals surface area contributed by atoms with Crippen LogP contribution in [0, 0.1) is 6.92 Å². The van der Waals surface area contributed by atoms with E-state index in [0.29, 0.717) is 6.04 Å². The number of hydrogen-bond donors (Lipinski definition) is 0. The van der Waals surface area contributed by atoms with Crippen molar-refractivity contribution in [3.05, 3.63) is 16.4 Å². The lowest BCUT2D eigenvalue weighted by Gasteiger charge is -2.13. The number of nitrogens with zero attached hydrogens (tertiary/aromatic N) is 2. The SMILES string of the molecule is CCC(CC)n1nc(C)cc1Br. The lowest BCUT2D eigenvalue weighted by Crippen LogP contribution is -2.08. The Labute approximate surface area is 82.1 Å². The van der Waals surface area contributed by atoms with Crippen LogP contribution in [0.1, 0.15) is 38.4 Å². The normalized spacial score (nSPS) is 11.1. The predicted molar refractivity (Wildman–Crippen MR) is 54.3 cm³/mol. The Morgan fingerprint density at radius 1 is 1.50 bits per heavy atom. The van der Waals surface area contributed by atoms with E-state index < -0.39 is 0 Å². The summed E-state index contributed by atoms with van der Waals surface area (Å²) in [5, 5.41) is 4.42. The minimum atomic E-state index is 0.535. The van der Waals surface area contributed by atoms with Gasteiger partial charge >= 0.3 is 0 Å². The largest absolute Gasteiger partial charge is 0.255 e. The number of halogens is 1. The molecule has 0 saturated carbocycles. The molecule has 0 aromatic carbocycles. The van der Waals surface area contributed by atoms with Crippen molar-refractivity contribution in [1.82, 2.24) is 9.78 Å². The third-order valence-electron chi connectivity index (χ3n) is 2.10. The van der Waals surface area contributed by atoms with E-state index in [2.05, 4.69) is 45.6 Å². The van der Waals surface area contributed by atoms with E-state index in [1.165, 1.54) is 0 Å². The average molecular weight is 231 g/mol. The van der Waals surface area contributed by atoms with E-state index in [1.807, 2.05) is 6.92 Å². The van der Waals surface area contributed by atoms with Gasteiger partial charge in [-0.05, 0) is 41.8 Å². The van der Waals surface area contributed by atoms with Crippen molar-refractivity contribution in [1.29, 1.82) is 0 Å². The van der Waals surface area contributed by atoms with Gasteiger partial charge in [0.2, 0.25) is 0 Å². The molecule has 0 amide bonds. The van der Waals surface area contributed by atoms with Gasteiger partial charge in [0.25, 0.3) is 0 Å². The lowest BCUT2D eigenvalue weighted by molar-refractivity contribution is 0.419. The monoisotopic (exact) mass is 230 g/mol. The highest BCUT2D eigenvalue weighted by molar-refractivity contribution is 9.10. The summed E-state index contributed by atoms with van der Waals surface area (Å²) < 4.78 is 3.16. The maximum Gasteiger partial charge on any atom is 0.104 e. The average Bonchev–Trinajstić information content (AvgIpc) is 2.34. The zero-order chi connectivity index (χ0) is 9.14. The third-order valence-corrected chi connectivity index (χ3v) is 2.69. The summed E-state index contributed by atoms with van der Waals surface area (Å²) in [6.45, 7) is 6.40. The topological polar surface area (TPSA) is 17.8 Å². The van der Waals surface area contributed by atoms with Crippen LogP contribution < -0.4 is 0 Å². The first-order valence-electron chi connectivity index (χ1n) is 4.40. The number of hydrogen-bond acceptors (Lipinski definition) is 1. The van der Waals surface area contributed by atoms with Crippen molar-refractivity contribution in [3.8, 4) is 0 Å². The van der Waals surface area contributed by atoms with Crippen LogP contribution in [-0.2, 0) is 0 Å². The van der Waals surface area contributed by atoms with Gasteiger partial charge in [0.15, 0.2) is 0 Å². The molecule has 0 aliphatic carbocycles. The molecule has 0 atom stereocenters. The molecule has 0 radical (unpaired) electrons. The molecular formula is C9H15BrN2. The van der Waals surface area contributed by atoms with Crippen molar-refractivity contribution in [3.63, 3.8) is 0 Å². The molecule has 1 aromatic heterocycles. The fraction of sp³-hybridized carbons (Fsp3) is 0.667. The molecule has 1 aromatic rings. The van der Waals surface area contributed by atoms with Crippen LogP contribution in [0.15, 0.2) is 10.7 Å². The van der Waals surface area contributed by atoms with Crippen LogP contribution in [0.4, 0.5) is 0 Å². The summed E-state index contributed by atoms with van der Waals surface area (Å²) in [6.07, 6.45) is 2.27. The van der Waals surface area contributed by atoms with E-state index in [1.54, 1.807) is 0 Å².